The summed E-state index contributed by atoms with van der Waals surface area (Å²) in [4.78, 5) is 14.1. The predicted molar refractivity (Wildman–Crippen MR) is 74.5 cm³/mol. The maximum atomic E-state index is 12.3. The fourth-order valence-corrected chi connectivity index (χ4v) is 2.59. The van der Waals surface area contributed by atoms with Crippen LogP contribution in [-0.2, 0) is 4.74 Å². The molecular weight excluding hydrogens is 226 g/mol. The van der Waals surface area contributed by atoms with Gasteiger partial charge in [0.15, 0.2) is 0 Å². The van der Waals surface area contributed by atoms with Gasteiger partial charge in [-0.3, -0.25) is 0 Å². The lowest BCUT2D eigenvalue weighted by Gasteiger charge is -2.38. The lowest BCUT2D eigenvalue weighted by atomic mass is 9.88. The van der Waals surface area contributed by atoms with E-state index in [1.807, 2.05) is 37.8 Å². The van der Waals surface area contributed by atoms with Crippen molar-refractivity contribution in [1.82, 2.24) is 4.90 Å². The van der Waals surface area contributed by atoms with Gasteiger partial charge in [-0.2, -0.15) is 0 Å². The summed E-state index contributed by atoms with van der Waals surface area (Å²) >= 11 is 0. The van der Waals surface area contributed by atoms with Gasteiger partial charge in [0.05, 0.1) is 5.54 Å². The number of carbonyl (C=O) groups excluding carboxylic acids is 1. The maximum Gasteiger partial charge on any atom is 0.410 e. The average molecular weight is 251 g/mol. The number of rotatable bonds is 4. The van der Waals surface area contributed by atoms with Gasteiger partial charge in [0, 0.05) is 6.54 Å². The van der Waals surface area contributed by atoms with E-state index in [-0.39, 0.29) is 11.6 Å². The highest BCUT2D eigenvalue weighted by Gasteiger charge is 2.43. The number of amides is 1. The van der Waals surface area contributed by atoms with Crippen LogP contribution in [0.2, 0.25) is 0 Å². The minimum atomic E-state index is -0.451. The maximum absolute atomic E-state index is 12.3. The van der Waals surface area contributed by atoms with Crippen LogP contribution in [0, 0.1) is 0 Å². The molecule has 1 heterocycles. The van der Waals surface area contributed by atoms with E-state index < -0.39 is 5.60 Å². The van der Waals surface area contributed by atoms with Crippen LogP contribution in [-0.4, -0.2) is 28.7 Å². The molecule has 0 N–H and O–H groups in total. The van der Waals surface area contributed by atoms with Crippen LogP contribution in [0.4, 0.5) is 4.79 Å². The van der Waals surface area contributed by atoms with Crippen LogP contribution in [0.15, 0.2) is 25.3 Å². The van der Waals surface area contributed by atoms with Gasteiger partial charge in [-0.1, -0.05) is 12.2 Å². The molecule has 0 aromatic heterocycles. The van der Waals surface area contributed by atoms with Gasteiger partial charge in [0.1, 0.15) is 5.60 Å². The third-order valence-electron chi connectivity index (χ3n) is 3.26. The molecule has 1 aliphatic rings. The zero-order chi connectivity index (χ0) is 13.8. The monoisotopic (exact) mass is 251 g/mol. The van der Waals surface area contributed by atoms with Crippen molar-refractivity contribution >= 4 is 6.09 Å². The number of likely N-dealkylation sites (tertiary alicyclic amines) is 1. The summed E-state index contributed by atoms with van der Waals surface area (Å²) in [6, 6.07) is 0. The van der Waals surface area contributed by atoms with Gasteiger partial charge in [-0.25, -0.2) is 4.79 Å². The second kappa shape index (κ2) is 5.59. The summed E-state index contributed by atoms with van der Waals surface area (Å²) in [7, 11) is 0. The molecule has 3 nitrogen and oxygen atoms in total. The second-order valence-corrected chi connectivity index (χ2v) is 5.95. The Morgan fingerprint density at radius 3 is 2.33 bits per heavy atom. The zero-order valence-corrected chi connectivity index (χ0v) is 11.9. The predicted octanol–water partition coefficient (Wildman–Crippen LogP) is 3.91. The van der Waals surface area contributed by atoms with Crippen molar-refractivity contribution < 1.29 is 9.53 Å². The van der Waals surface area contributed by atoms with Gasteiger partial charge < -0.3 is 9.64 Å². The Kier molecular flexibility index (Phi) is 4.60. The normalized spacial score (nSPS) is 18.5. The Morgan fingerprint density at radius 1 is 1.33 bits per heavy atom. The Bertz CT molecular complexity index is 318. The smallest absolute Gasteiger partial charge is 0.410 e. The molecule has 102 valence electrons. The van der Waals surface area contributed by atoms with Gasteiger partial charge >= 0.3 is 6.09 Å². The Balaban J connectivity index is 2.87. The van der Waals surface area contributed by atoms with Crippen LogP contribution in [0.1, 0.15) is 46.5 Å². The first-order valence-electron chi connectivity index (χ1n) is 6.57. The molecule has 1 rings (SSSR count). The standard InChI is InChI=1S/C15H25NO2/c1-6-9-15(10-7-2)11-8-12-16(15)13(17)18-14(3,4)5/h6-7H,1-2,8-12H2,3-5H3. The van der Waals surface area contributed by atoms with Crippen LogP contribution in [0.25, 0.3) is 0 Å². The largest absolute Gasteiger partial charge is 0.444 e. The van der Waals surface area contributed by atoms with E-state index in [1.54, 1.807) is 0 Å². The third-order valence-corrected chi connectivity index (χ3v) is 3.26. The zero-order valence-electron chi connectivity index (χ0n) is 11.9. The van der Waals surface area contributed by atoms with Crippen molar-refractivity contribution in [2.45, 2.75) is 57.6 Å². The summed E-state index contributed by atoms with van der Waals surface area (Å²) < 4.78 is 5.49. The first-order valence-corrected chi connectivity index (χ1v) is 6.57. The second-order valence-electron chi connectivity index (χ2n) is 5.95. The topological polar surface area (TPSA) is 29.5 Å². The molecular formula is C15H25NO2. The van der Waals surface area contributed by atoms with E-state index in [2.05, 4.69) is 13.2 Å². The van der Waals surface area contributed by atoms with Gasteiger partial charge in [-0.15, -0.1) is 13.2 Å². The minimum Gasteiger partial charge on any atom is -0.444 e. The summed E-state index contributed by atoms with van der Waals surface area (Å²) in [5.41, 5.74) is -0.625. The summed E-state index contributed by atoms with van der Waals surface area (Å²) in [5.74, 6) is 0. The van der Waals surface area contributed by atoms with Crippen LogP contribution in [0.5, 0.6) is 0 Å². The summed E-state index contributed by atoms with van der Waals surface area (Å²) in [5, 5.41) is 0. The first kappa shape index (κ1) is 14.8. The number of nitrogens with zero attached hydrogens (tertiary/aromatic N) is 1. The van der Waals surface area contributed by atoms with Crippen molar-refractivity contribution in [1.29, 1.82) is 0 Å². The first-order chi connectivity index (χ1) is 8.34. The van der Waals surface area contributed by atoms with Gasteiger partial charge in [-0.05, 0) is 46.5 Å². The van der Waals surface area contributed by atoms with Crippen molar-refractivity contribution in [3.63, 3.8) is 0 Å². The molecule has 0 atom stereocenters. The fraction of sp³-hybridized carbons (Fsp3) is 0.667. The van der Waals surface area contributed by atoms with Gasteiger partial charge in [0.25, 0.3) is 0 Å². The quantitative estimate of drug-likeness (QED) is 0.709. The Hall–Kier alpha value is -1.25. The molecule has 0 radical (unpaired) electrons. The van der Waals surface area contributed by atoms with Gasteiger partial charge in [0.2, 0.25) is 0 Å². The minimum absolute atomic E-state index is 0.175. The van der Waals surface area contributed by atoms with Crippen LogP contribution >= 0.6 is 0 Å². The molecule has 0 spiro atoms. The molecule has 0 aromatic rings. The molecule has 1 fully saturated rings. The van der Waals surface area contributed by atoms with Crippen molar-refractivity contribution in [3.05, 3.63) is 25.3 Å². The molecule has 0 unspecified atom stereocenters. The van der Waals surface area contributed by atoms with E-state index in [0.717, 1.165) is 32.2 Å². The number of hydrogen-bond acceptors (Lipinski definition) is 2. The summed E-state index contributed by atoms with van der Waals surface area (Å²) in [6.45, 7) is 14.1. The van der Waals surface area contributed by atoms with Crippen LogP contribution < -0.4 is 0 Å². The molecule has 0 aliphatic carbocycles. The Labute approximate surface area is 110 Å². The molecule has 18 heavy (non-hydrogen) atoms. The van der Waals surface area contributed by atoms with Crippen molar-refractivity contribution in [2.24, 2.45) is 0 Å². The third kappa shape index (κ3) is 3.37. The lowest BCUT2D eigenvalue weighted by molar-refractivity contribution is 0.00861. The highest BCUT2D eigenvalue weighted by molar-refractivity contribution is 5.69. The molecule has 1 amide bonds. The molecule has 0 aromatic carbocycles. The summed E-state index contributed by atoms with van der Waals surface area (Å²) in [6.07, 6.45) is 7.13. The van der Waals surface area contributed by atoms with E-state index in [1.165, 1.54) is 0 Å². The van der Waals surface area contributed by atoms with E-state index in [4.69, 9.17) is 4.74 Å². The fourth-order valence-electron chi connectivity index (χ4n) is 2.59. The molecule has 1 aliphatic heterocycles. The number of hydrogen-bond donors (Lipinski definition) is 0. The molecule has 0 bridgehead atoms. The highest BCUT2D eigenvalue weighted by atomic mass is 16.6. The van der Waals surface area contributed by atoms with E-state index in [9.17, 15) is 4.79 Å². The SMILES string of the molecule is C=CCC1(CC=C)CCCN1C(=O)OC(C)(C)C. The van der Waals surface area contributed by atoms with E-state index in [0.29, 0.717) is 0 Å². The average Bonchev–Trinajstić information content (AvgIpc) is 2.60. The molecule has 0 saturated carbocycles. The van der Waals surface area contributed by atoms with Crippen molar-refractivity contribution in [2.75, 3.05) is 6.54 Å². The molecule has 1 saturated heterocycles. The lowest BCUT2D eigenvalue weighted by Crippen LogP contribution is -2.48. The van der Waals surface area contributed by atoms with Crippen molar-refractivity contribution in [3.8, 4) is 0 Å². The van der Waals surface area contributed by atoms with E-state index >= 15 is 0 Å². The van der Waals surface area contributed by atoms with Crippen LogP contribution in [0.3, 0.4) is 0 Å². The molecule has 3 heteroatoms. The number of ether oxygens (including phenoxy) is 1. The number of carbonyl (C=O) groups is 1. The highest BCUT2D eigenvalue weighted by Crippen LogP contribution is 2.37. The Morgan fingerprint density at radius 2 is 1.89 bits per heavy atom.